The fraction of sp³-hybridized carbons (Fsp3) is 0.773. The third-order valence-corrected chi connectivity index (χ3v) is 8.28. The van der Waals surface area contributed by atoms with Gasteiger partial charge >= 0.3 is 0 Å². The molecule has 0 unspecified atom stereocenters. The molecule has 7 heteroatoms. The molecule has 4 rings (SSSR count). The maximum Gasteiger partial charge on any atom is 0.227 e. The van der Waals surface area contributed by atoms with Gasteiger partial charge in [-0.05, 0) is 44.4 Å². The van der Waals surface area contributed by atoms with Crippen molar-refractivity contribution in [1.82, 2.24) is 14.5 Å². The largest absolute Gasteiger partial charge is 0.376 e. The summed E-state index contributed by atoms with van der Waals surface area (Å²) in [5.74, 6) is 3.32. The van der Waals surface area contributed by atoms with Crippen molar-refractivity contribution in [2.24, 2.45) is 5.92 Å². The fourth-order valence-electron chi connectivity index (χ4n) is 4.71. The Morgan fingerprint density at radius 3 is 2.62 bits per heavy atom. The number of terminal acetylenes is 1. The molecule has 0 bridgehead atoms. The summed E-state index contributed by atoms with van der Waals surface area (Å²) in [7, 11) is -3.38. The molecule has 0 amide bonds. The van der Waals surface area contributed by atoms with Gasteiger partial charge in [-0.3, -0.25) is 4.90 Å². The van der Waals surface area contributed by atoms with E-state index < -0.39 is 9.84 Å². The van der Waals surface area contributed by atoms with Crippen molar-refractivity contribution < 1.29 is 13.2 Å². The average molecular weight is 420 g/mol. The van der Waals surface area contributed by atoms with Crippen molar-refractivity contribution in [3.8, 4) is 12.3 Å². The number of rotatable bonds is 9. The highest BCUT2D eigenvalue weighted by molar-refractivity contribution is 7.91. The van der Waals surface area contributed by atoms with E-state index in [-0.39, 0.29) is 17.0 Å². The Morgan fingerprint density at radius 1 is 1.17 bits per heavy atom. The van der Waals surface area contributed by atoms with E-state index in [9.17, 15) is 8.42 Å². The molecule has 1 aromatic heterocycles. The van der Waals surface area contributed by atoms with Crippen LogP contribution in [0.1, 0.15) is 63.5 Å². The van der Waals surface area contributed by atoms with Crippen LogP contribution in [0.2, 0.25) is 0 Å². The quantitative estimate of drug-likeness (QED) is 0.576. The first-order valence-electron chi connectivity index (χ1n) is 11.1. The van der Waals surface area contributed by atoms with E-state index in [1.54, 1.807) is 6.20 Å². The van der Waals surface area contributed by atoms with Crippen LogP contribution in [0.5, 0.6) is 0 Å². The minimum Gasteiger partial charge on any atom is -0.376 e. The number of sulfone groups is 1. The molecule has 2 aliphatic carbocycles. The standard InChI is InChI=1S/C22H33N3O3S/c1-2-12-24(19-7-4-3-5-8-19)15-20-14-23-22(29(26,27)17-18-10-11-18)25(20)16-21-9-6-13-28-21/h1,14,18-19,21H,3-13,15-17H2/t21-/m1/s1. The van der Waals surface area contributed by atoms with E-state index in [1.807, 2.05) is 4.57 Å². The second kappa shape index (κ2) is 9.20. The lowest BCUT2D eigenvalue weighted by atomic mass is 9.94. The number of imidazole rings is 1. The molecule has 6 nitrogen and oxygen atoms in total. The summed E-state index contributed by atoms with van der Waals surface area (Å²) < 4.78 is 33.8. The van der Waals surface area contributed by atoms with Gasteiger partial charge in [0.05, 0.1) is 36.8 Å². The molecule has 0 N–H and O–H groups in total. The Balaban J connectivity index is 1.59. The lowest BCUT2D eigenvalue weighted by Crippen LogP contribution is -2.37. The van der Waals surface area contributed by atoms with Crippen molar-refractivity contribution in [2.45, 2.75) is 88.2 Å². The third-order valence-electron chi connectivity index (χ3n) is 6.49. The molecular formula is C22H33N3O3S. The predicted molar refractivity (Wildman–Crippen MR) is 112 cm³/mol. The topological polar surface area (TPSA) is 64.4 Å². The minimum absolute atomic E-state index is 0.0635. The van der Waals surface area contributed by atoms with Crippen LogP contribution in [-0.2, 0) is 27.7 Å². The maximum absolute atomic E-state index is 13.0. The van der Waals surface area contributed by atoms with Crippen LogP contribution in [0.4, 0.5) is 0 Å². The predicted octanol–water partition coefficient (Wildman–Crippen LogP) is 3.01. The van der Waals surface area contributed by atoms with Gasteiger partial charge in [0.2, 0.25) is 15.0 Å². The van der Waals surface area contributed by atoms with E-state index in [1.165, 1.54) is 19.3 Å². The van der Waals surface area contributed by atoms with Gasteiger partial charge in [-0.15, -0.1) is 6.42 Å². The van der Waals surface area contributed by atoms with Crippen molar-refractivity contribution in [3.63, 3.8) is 0 Å². The zero-order valence-corrected chi connectivity index (χ0v) is 18.1. The highest BCUT2D eigenvalue weighted by atomic mass is 32.2. The molecule has 1 aliphatic heterocycles. The summed E-state index contributed by atoms with van der Waals surface area (Å²) in [5.41, 5.74) is 0.940. The lowest BCUT2D eigenvalue weighted by molar-refractivity contribution is 0.0923. The molecule has 3 aliphatic rings. The molecule has 3 fully saturated rings. The van der Waals surface area contributed by atoms with Gasteiger partial charge in [0.15, 0.2) is 0 Å². The molecule has 2 saturated carbocycles. The summed E-state index contributed by atoms with van der Waals surface area (Å²) in [6, 6.07) is 0.470. The highest BCUT2D eigenvalue weighted by Crippen LogP contribution is 2.33. The first-order chi connectivity index (χ1) is 14.1. The highest BCUT2D eigenvalue weighted by Gasteiger charge is 2.33. The summed E-state index contributed by atoms with van der Waals surface area (Å²) in [4.78, 5) is 6.74. The van der Waals surface area contributed by atoms with Crippen LogP contribution in [0.25, 0.3) is 0 Å². The van der Waals surface area contributed by atoms with Crippen LogP contribution in [0.15, 0.2) is 11.4 Å². The average Bonchev–Trinajstić information content (AvgIpc) is 3.19. The molecule has 0 spiro atoms. The van der Waals surface area contributed by atoms with Crippen molar-refractivity contribution in [3.05, 3.63) is 11.9 Å². The van der Waals surface area contributed by atoms with Crippen molar-refractivity contribution in [2.75, 3.05) is 18.9 Å². The Kier molecular flexibility index (Phi) is 6.63. The molecule has 0 aromatic carbocycles. The minimum atomic E-state index is -3.38. The zero-order valence-electron chi connectivity index (χ0n) is 17.3. The van der Waals surface area contributed by atoms with Crippen LogP contribution >= 0.6 is 0 Å². The second-order valence-electron chi connectivity index (χ2n) is 8.90. The zero-order chi connectivity index (χ0) is 20.3. The third kappa shape index (κ3) is 5.22. The van der Waals surface area contributed by atoms with E-state index in [0.29, 0.717) is 31.6 Å². The molecule has 1 atom stereocenters. The van der Waals surface area contributed by atoms with E-state index in [4.69, 9.17) is 11.2 Å². The number of nitrogens with zero attached hydrogens (tertiary/aromatic N) is 3. The van der Waals surface area contributed by atoms with Gasteiger partial charge in [-0.2, -0.15) is 0 Å². The molecule has 1 aromatic rings. The summed E-state index contributed by atoms with van der Waals surface area (Å²) in [6.45, 7) is 2.54. The van der Waals surface area contributed by atoms with E-state index in [2.05, 4.69) is 15.8 Å². The van der Waals surface area contributed by atoms with E-state index >= 15 is 0 Å². The molecule has 29 heavy (non-hydrogen) atoms. The first-order valence-corrected chi connectivity index (χ1v) is 12.8. The Labute approximate surface area is 174 Å². The SMILES string of the molecule is C#CCN(Cc1cnc(S(=O)(=O)CC2CC2)n1C[C@H]1CCCO1)C1CCCCC1. The van der Waals surface area contributed by atoms with Gasteiger partial charge in [0.25, 0.3) is 0 Å². The van der Waals surface area contributed by atoms with Crippen molar-refractivity contribution >= 4 is 9.84 Å². The number of aromatic nitrogens is 2. The summed E-state index contributed by atoms with van der Waals surface area (Å²) >= 11 is 0. The molecule has 160 valence electrons. The maximum atomic E-state index is 13.0. The second-order valence-corrected chi connectivity index (χ2v) is 10.8. The number of hydrogen-bond acceptors (Lipinski definition) is 5. The van der Waals surface area contributed by atoms with Crippen LogP contribution in [-0.4, -0.2) is 53.9 Å². The normalized spacial score (nSPS) is 23.5. The number of hydrogen-bond donors (Lipinski definition) is 0. The molecule has 1 saturated heterocycles. The van der Waals surface area contributed by atoms with E-state index in [0.717, 1.165) is 50.8 Å². The Morgan fingerprint density at radius 2 is 1.97 bits per heavy atom. The summed E-state index contributed by atoms with van der Waals surface area (Å²) in [5, 5.41) is 0.221. The van der Waals surface area contributed by atoms with Crippen LogP contribution in [0.3, 0.4) is 0 Å². The monoisotopic (exact) mass is 419 g/mol. The van der Waals surface area contributed by atoms with Gasteiger partial charge in [0.1, 0.15) is 0 Å². The number of ether oxygens (including phenoxy) is 1. The van der Waals surface area contributed by atoms with Crippen LogP contribution in [0, 0.1) is 18.3 Å². The van der Waals surface area contributed by atoms with Crippen molar-refractivity contribution in [1.29, 1.82) is 0 Å². The van der Waals surface area contributed by atoms with Gasteiger partial charge in [-0.25, -0.2) is 13.4 Å². The Bertz CT molecular complexity index is 826. The summed E-state index contributed by atoms with van der Waals surface area (Å²) in [6.07, 6.45) is 17.6. The van der Waals surface area contributed by atoms with Gasteiger partial charge in [0, 0.05) is 19.2 Å². The first kappa shape index (κ1) is 20.9. The lowest BCUT2D eigenvalue weighted by Gasteiger charge is -2.33. The van der Waals surface area contributed by atoms with Crippen LogP contribution < -0.4 is 0 Å². The van der Waals surface area contributed by atoms with Gasteiger partial charge < -0.3 is 9.30 Å². The van der Waals surface area contributed by atoms with Gasteiger partial charge in [-0.1, -0.05) is 25.2 Å². The fourth-order valence-corrected chi connectivity index (χ4v) is 6.55. The smallest absolute Gasteiger partial charge is 0.227 e. The molecule has 0 radical (unpaired) electrons. The Hall–Kier alpha value is -1.36. The molecule has 2 heterocycles. The molecular weight excluding hydrogens is 386 g/mol.